The number of ether oxygens (including phenoxy) is 2. The second kappa shape index (κ2) is 9.28. The Morgan fingerprint density at radius 2 is 1.76 bits per heavy atom. The van der Waals surface area contributed by atoms with Gasteiger partial charge < -0.3 is 14.8 Å². The fourth-order valence-electron chi connectivity index (χ4n) is 3.41. The van der Waals surface area contributed by atoms with Crippen LogP contribution >= 0.6 is 0 Å². The fraction of sp³-hybridized carbons (Fsp3) is 0.381. The van der Waals surface area contributed by atoms with E-state index >= 15 is 0 Å². The van der Waals surface area contributed by atoms with Crippen molar-refractivity contribution in [2.75, 3.05) is 32.6 Å². The molecule has 1 heterocycles. The number of carbonyl (C=O) groups excluding carboxylic acids is 1. The van der Waals surface area contributed by atoms with Crippen LogP contribution in [0.4, 0.5) is 5.69 Å². The summed E-state index contributed by atoms with van der Waals surface area (Å²) in [7, 11) is -0.305. The summed E-state index contributed by atoms with van der Waals surface area (Å²) in [6, 6.07) is 14.3. The van der Waals surface area contributed by atoms with Crippen molar-refractivity contribution >= 4 is 21.6 Å². The number of nitrogens with one attached hydrogen (secondary N) is 1. The summed E-state index contributed by atoms with van der Waals surface area (Å²) >= 11 is 0. The van der Waals surface area contributed by atoms with E-state index in [2.05, 4.69) is 5.32 Å². The zero-order chi connectivity index (χ0) is 20.9. The number of piperidine rings is 1. The van der Waals surface area contributed by atoms with E-state index < -0.39 is 10.0 Å². The highest BCUT2D eigenvalue weighted by molar-refractivity contribution is 7.88. The second-order valence-corrected chi connectivity index (χ2v) is 8.94. The average Bonchev–Trinajstić information content (AvgIpc) is 2.74. The number of sulfonamides is 1. The van der Waals surface area contributed by atoms with Crippen LogP contribution < -0.4 is 14.8 Å². The van der Waals surface area contributed by atoms with Crippen molar-refractivity contribution in [3.63, 3.8) is 0 Å². The van der Waals surface area contributed by atoms with Crippen molar-refractivity contribution in [1.82, 2.24) is 4.31 Å². The van der Waals surface area contributed by atoms with Crippen molar-refractivity contribution < 1.29 is 22.7 Å². The van der Waals surface area contributed by atoms with Gasteiger partial charge in [0.2, 0.25) is 15.9 Å². The third kappa shape index (κ3) is 5.27. The van der Waals surface area contributed by atoms with Gasteiger partial charge in [-0.1, -0.05) is 30.3 Å². The smallest absolute Gasteiger partial charge is 0.227 e. The summed E-state index contributed by atoms with van der Waals surface area (Å²) in [5.74, 6) is 0.754. The normalized spacial score (nSPS) is 15.7. The molecule has 0 radical (unpaired) electrons. The maximum atomic E-state index is 12.7. The number of methoxy groups -OCH3 is 2. The largest absolute Gasteiger partial charge is 0.497 e. The van der Waals surface area contributed by atoms with Gasteiger partial charge in [-0.15, -0.1) is 0 Å². The van der Waals surface area contributed by atoms with Gasteiger partial charge in [-0.25, -0.2) is 12.7 Å². The van der Waals surface area contributed by atoms with Crippen LogP contribution in [0.25, 0.3) is 0 Å². The van der Waals surface area contributed by atoms with Crippen LogP contribution in [0.5, 0.6) is 11.5 Å². The summed E-state index contributed by atoms with van der Waals surface area (Å²) in [5.41, 5.74) is 1.33. The van der Waals surface area contributed by atoms with Crippen molar-refractivity contribution in [3.8, 4) is 11.5 Å². The lowest BCUT2D eigenvalue weighted by atomic mass is 9.97. The maximum Gasteiger partial charge on any atom is 0.227 e. The molecule has 1 aliphatic heterocycles. The minimum atomic E-state index is -3.40. The van der Waals surface area contributed by atoms with Crippen LogP contribution in [0.1, 0.15) is 18.4 Å². The predicted molar refractivity (Wildman–Crippen MR) is 112 cm³/mol. The number of carbonyl (C=O) groups is 1. The van der Waals surface area contributed by atoms with Gasteiger partial charge >= 0.3 is 0 Å². The third-order valence-electron chi connectivity index (χ3n) is 5.08. The lowest BCUT2D eigenvalue weighted by molar-refractivity contribution is -0.120. The van der Waals surface area contributed by atoms with Crippen LogP contribution in [0.2, 0.25) is 0 Å². The molecule has 3 rings (SSSR count). The minimum absolute atomic E-state index is 0.0201. The lowest BCUT2D eigenvalue weighted by Crippen LogP contribution is -2.41. The molecule has 0 aliphatic carbocycles. The molecule has 2 aromatic rings. The zero-order valence-corrected chi connectivity index (χ0v) is 17.4. The summed E-state index contributed by atoms with van der Waals surface area (Å²) in [4.78, 5) is 12.7. The van der Waals surface area contributed by atoms with Crippen LogP contribution in [0, 0.1) is 5.92 Å². The number of benzene rings is 2. The second-order valence-electron chi connectivity index (χ2n) is 6.97. The molecule has 1 aliphatic rings. The Hall–Kier alpha value is -2.58. The van der Waals surface area contributed by atoms with Gasteiger partial charge in [-0.3, -0.25) is 4.79 Å². The molecule has 7 nitrogen and oxygen atoms in total. The molecule has 0 unspecified atom stereocenters. The predicted octanol–water partition coefficient (Wildman–Crippen LogP) is 2.88. The lowest BCUT2D eigenvalue weighted by Gasteiger charge is -2.30. The van der Waals surface area contributed by atoms with E-state index in [1.807, 2.05) is 18.2 Å². The van der Waals surface area contributed by atoms with Gasteiger partial charge in [0, 0.05) is 25.1 Å². The molecule has 1 fully saturated rings. The van der Waals surface area contributed by atoms with Gasteiger partial charge in [0.05, 0.1) is 25.7 Å². The quantitative estimate of drug-likeness (QED) is 0.747. The van der Waals surface area contributed by atoms with Gasteiger partial charge in [0.25, 0.3) is 0 Å². The Labute approximate surface area is 171 Å². The Morgan fingerprint density at radius 1 is 1.07 bits per heavy atom. The molecule has 0 spiro atoms. The summed E-state index contributed by atoms with van der Waals surface area (Å²) < 4.78 is 37.3. The van der Waals surface area contributed by atoms with Crippen molar-refractivity contribution in [2.45, 2.75) is 18.6 Å². The molecule has 1 saturated heterocycles. The first-order chi connectivity index (χ1) is 13.9. The van der Waals surface area contributed by atoms with Crippen molar-refractivity contribution in [1.29, 1.82) is 0 Å². The van der Waals surface area contributed by atoms with E-state index in [-0.39, 0.29) is 17.6 Å². The zero-order valence-electron chi connectivity index (χ0n) is 16.6. The number of rotatable bonds is 7. The van der Waals surface area contributed by atoms with Gasteiger partial charge in [-0.2, -0.15) is 0 Å². The Bertz CT molecular complexity index is 939. The molecule has 8 heteroatoms. The molecule has 0 bridgehead atoms. The van der Waals surface area contributed by atoms with Gasteiger partial charge in [-0.05, 0) is 30.5 Å². The number of hydrogen-bond donors (Lipinski definition) is 1. The van der Waals surface area contributed by atoms with Gasteiger partial charge in [0.15, 0.2) is 0 Å². The van der Waals surface area contributed by atoms with Crippen LogP contribution in [-0.4, -0.2) is 45.9 Å². The standard InChI is InChI=1S/C21H26N2O5S/c1-27-18-8-9-19(20(14-18)28-2)22-21(24)17-10-12-23(13-11-17)29(25,26)15-16-6-4-3-5-7-16/h3-9,14,17H,10-13,15H2,1-2H3,(H,22,24). The van der Waals surface area contributed by atoms with Crippen molar-refractivity contribution in [2.24, 2.45) is 5.92 Å². The molecule has 156 valence electrons. The molecule has 2 aromatic carbocycles. The summed E-state index contributed by atoms with van der Waals surface area (Å²) in [5, 5.41) is 2.89. The third-order valence-corrected chi connectivity index (χ3v) is 6.93. The van der Waals surface area contributed by atoms with E-state index in [0.29, 0.717) is 43.1 Å². The highest BCUT2D eigenvalue weighted by Gasteiger charge is 2.31. The molecule has 0 atom stereocenters. The SMILES string of the molecule is COc1ccc(NC(=O)C2CCN(S(=O)(=O)Cc3ccccc3)CC2)c(OC)c1. The molecule has 0 aromatic heterocycles. The van der Waals surface area contributed by atoms with Crippen LogP contribution in [0.15, 0.2) is 48.5 Å². The average molecular weight is 419 g/mol. The van der Waals surface area contributed by atoms with Crippen LogP contribution in [-0.2, 0) is 20.6 Å². The highest BCUT2D eigenvalue weighted by atomic mass is 32.2. The van der Waals surface area contributed by atoms with Crippen molar-refractivity contribution in [3.05, 3.63) is 54.1 Å². The fourth-order valence-corrected chi connectivity index (χ4v) is 4.97. The van der Waals surface area contributed by atoms with Gasteiger partial charge in [0.1, 0.15) is 11.5 Å². The highest BCUT2D eigenvalue weighted by Crippen LogP contribution is 2.30. The molecule has 1 amide bonds. The Kier molecular flexibility index (Phi) is 6.76. The first-order valence-corrected chi connectivity index (χ1v) is 11.1. The number of anilines is 1. The van der Waals surface area contributed by atoms with E-state index in [1.54, 1.807) is 37.4 Å². The monoisotopic (exact) mass is 418 g/mol. The Morgan fingerprint density at radius 3 is 2.38 bits per heavy atom. The topological polar surface area (TPSA) is 84.9 Å². The molecule has 1 N–H and O–H groups in total. The first kappa shape index (κ1) is 21.1. The number of nitrogens with zero attached hydrogens (tertiary/aromatic N) is 1. The van der Waals surface area contributed by atoms with E-state index in [0.717, 1.165) is 5.56 Å². The molecular formula is C21H26N2O5S. The van der Waals surface area contributed by atoms with E-state index in [1.165, 1.54) is 11.4 Å². The number of hydrogen-bond acceptors (Lipinski definition) is 5. The molecule has 0 saturated carbocycles. The number of amides is 1. The minimum Gasteiger partial charge on any atom is -0.497 e. The van der Waals surface area contributed by atoms with E-state index in [4.69, 9.17) is 9.47 Å². The first-order valence-electron chi connectivity index (χ1n) is 9.47. The molecular weight excluding hydrogens is 392 g/mol. The van der Waals surface area contributed by atoms with E-state index in [9.17, 15) is 13.2 Å². The van der Waals surface area contributed by atoms with Crippen LogP contribution in [0.3, 0.4) is 0 Å². The molecule has 29 heavy (non-hydrogen) atoms. The summed E-state index contributed by atoms with van der Waals surface area (Å²) in [6.45, 7) is 0.681. The summed E-state index contributed by atoms with van der Waals surface area (Å²) in [6.07, 6.45) is 0.969. The maximum absolute atomic E-state index is 12.7. The Balaban J connectivity index is 1.58.